The van der Waals surface area contributed by atoms with Crippen molar-refractivity contribution in [1.82, 2.24) is 4.57 Å². The summed E-state index contributed by atoms with van der Waals surface area (Å²) < 4.78 is 8.95. The van der Waals surface area contributed by atoms with Crippen molar-refractivity contribution in [2.75, 3.05) is 4.90 Å². The number of fused-ring (bicyclic) bond motifs is 7. The summed E-state index contributed by atoms with van der Waals surface area (Å²) in [5.41, 5.74) is 15.5. The van der Waals surface area contributed by atoms with E-state index >= 15 is 0 Å². The molecule has 0 saturated carbocycles. The number of rotatable bonds is 7. The molecule has 0 aliphatic heterocycles. The van der Waals surface area contributed by atoms with Gasteiger partial charge in [-0.25, -0.2) is 0 Å². The van der Waals surface area contributed by atoms with Crippen molar-refractivity contribution in [3.8, 4) is 39.1 Å². The molecule has 0 aliphatic rings. The van der Waals surface area contributed by atoms with Crippen LogP contribution in [0.1, 0.15) is 0 Å². The number of anilines is 3. The van der Waals surface area contributed by atoms with Crippen LogP contribution in [-0.2, 0) is 0 Å². The quantitative estimate of drug-likeness (QED) is 0.161. The van der Waals surface area contributed by atoms with Gasteiger partial charge in [0.1, 0.15) is 11.2 Å². The summed E-state index contributed by atoms with van der Waals surface area (Å²) in [5.74, 6) is 0. The summed E-state index contributed by atoms with van der Waals surface area (Å²) in [7, 11) is 0. The van der Waals surface area contributed by atoms with Crippen molar-refractivity contribution in [3.05, 3.63) is 231 Å². The number of para-hydroxylation sites is 2. The van der Waals surface area contributed by atoms with Gasteiger partial charge in [0.25, 0.3) is 0 Å². The first-order chi connectivity index (χ1) is 30.2. The van der Waals surface area contributed by atoms with Gasteiger partial charge >= 0.3 is 0 Å². The first-order valence-corrected chi connectivity index (χ1v) is 20.8. The van der Waals surface area contributed by atoms with E-state index in [1.54, 1.807) is 0 Å². The Kier molecular flexibility index (Phi) is 8.17. The third-order valence-corrected chi connectivity index (χ3v) is 12.2. The minimum atomic E-state index is 0.889. The maximum atomic E-state index is 6.51. The molecule has 0 bridgehead atoms. The molecular formula is C58H38N2O. The Morgan fingerprint density at radius 2 is 0.885 bits per heavy atom. The second-order valence-electron chi connectivity index (χ2n) is 15.7. The van der Waals surface area contributed by atoms with E-state index in [0.29, 0.717) is 0 Å². The van der Waals surface area contributed by atoms with Gasteiger partial charge in [0.2, 0.25) is 0 Å². The Balaban J connectivity index is 0.995. The van der Waals surface area contributed by atoms with Crippen molar-refractivity contribution >= 4 is 71.6 Å². The summed E-state index contributed by atoms with van der Waals surface area (Å²) in [6.45, 7) is 0. The molecule has 2 heterocycles. The lowest BCUT2D eigenvalue weighted by Crippen LogP contribution is -2.10. The Labute approximate surface area is 353 Å². The number of benzene rings is 10. The van der Waals surface area contributed by atoms with Gasteiger partial charge in [0.05, 0.1) is 16.7 Å². The minimum Gasteiger partial charge on any atom is -0.455 e. The zero-order valence-corrected chi connectivity index (χ0v) is 33.2. The molecule has 2 aromatic heterocycles. The average Bonchev–Trinajstić information content (AvgIpc) is 3.88. The maximum Gasteiger partial charge on any atom is 0.143 e. The molecule has 10 aromatic carbocycles. The zero-order chi connectivity index (χ0) is 40.3. The fourth-order valence-corrected chi connectivity index (χ4v) is 9.27. The fourth-order valence-electron chi connectivity index (χ4n) is 9.27. The molecule has 0 unspecified atom stereocenters. The Hall–Kier alpha value is -8.14. The second-order valence-corrected chi connectivity index (χ2v) is 15.7. The Bertz CT molecular complexity index is 3560. The third-order valence-electron chi connectivity index (χ3n) is 12.2. The van der Waals surface area contributed by atoms with E-state index in [1.165, 1.54) is 43.9 Å². The van der Waals surface area contributed by atoms with E-state index in [1.807, 2.05) is 6.07 Å². The topological polar surface area (TPSA) is 21.3 Å². The van der Waals surface area contributed by atoms with Crippen LogP contribution in [0.2, 0.25) is 0 Å². The van der Waals surface area contributed by atoms with Crippen LogP contribution >= 0.6 is 0 Å². The van der Waals surface area contributed by atoms with Crippen LogP contribution in [0.5, 0.6) is 0 Å². The number of hydrogen-bond acceptors (Lipinski definition) is 2. The van der Waals surface area contributed by atoms with Crippen molar-refractivity contribution < 1.29 is 4.42 Å². The van der Waals surface area contributed by atoms with Gasteiger partial charge in [0, 0.05) is 49.6 Å². The molecule has 0 radical (unpaired) electrons. The number of nitrogens with zero attached hydrogens (tertiary/aromatic N) is 2. The maximum absolute atomic E-state index is 6.51. The molecule has 12 rings (SSSR count). The van der Waals surface area contributed by atoms with E-state index in [4.69, 9.17) is 4.42 Å². The molecule has 61 heavy (non-hydrogen) atoms. The van der Waals surface area contributed by atoms with Gasteiger partial charge in [-0.3, -0.25) is 0 Å². The largest absolute Gasteiger partial charge is 0.455 e. The van der Waals surface area contributed by atoms with Crippen LogP contribution in [-0.4, -0.2) is 4.57 Å². The summed E-state index contributed by atoms with van der Waals surface area (Å²) in [4.78, 5) is 2.38. The van der Waals surface area contributed by atoms with Gasteiger partial charge in [-0.05, 0) is 93.9 Å². The SMILES string of the molecule is c1ccc(-c2ccc(N(c3ccc(-c4ccc5oc6c(-c7ccccc7)cccc6c5c4)cc3)c3ccc4c5ccccc5n(-c5cccc6ccccc56)c4c3)cc2)cc1. The van der Waals surface area contributed by atoms with Gasteiger partial charge < -0.3 is 13.9 Å². The van der Waals surface area contributed by atoms with E-state index in [2.05, 4.69) is 234 Å². The highest BCUT2D eigenvalue weighted by Gasteiger charge is 2.19. The molecule has 3 nitrogen and oxygen atoms in total. The molecule has 0 N–H and O–H groups in total. The first kappa shape index (κ1) is 34.9. The summed E-state index contributed by atoms with van der Waals surface area (Å²) in [5, 5.41) is 7.14. The standard InChI is InChI=1S/C58H38N2O/c1-3-13-39(14-4-1)40-25-30-45(31-26-40)59(47-34-35-51-50-20-9-10-23-55(50)60(56(51)38-47)54-24-11-18-42-17-7-8-19-48(42)54)46-32-27-41(28-33-46)44-29-36-57-53(37-44)52-22-12-21-49(58(52)61-57)43-15-5-2-6-16-43/h1-38H. The molecule has 0 spiro atoms. The highest BCUT2D eigenvalue weighted by molar-refractivity contribution is 6.12. The van der Waals surface area contributed by atoms with Gasteiger partial charge in [-0.15, -0.1) is 0 Å². The average molecular weight is 779 g/mol. The van der Waals surface area contributed by atoms with Crippen LogP contribution in [0.3, 0.4) is 0 Å². The van der Waals surface area contributed by atoms with E-state index in [-0.39, 0.29) is 0 Å². The lowest BCUT2D eigenvalue weighted by molar-refractivity contribution is 0.670. The summed E-state index contributed by atoms with van der Waals surface area (Å²) in [6, 6.07) is 82.9. The Morgan fingerprint density at radius 3 is 1.66 bits per heavy atom. The molecule has 0 fully saturated rings. The molecule has 286 valence electrons. The van der Waals surface area contributed by atoms with Crippen LogP contribution in [0, 0.1) is 0 Å². The number of aromatic nitrogens is 1. The fraction of sp³-hybridized carbons (Fsp3) is 0. The minimum absolute atomic E-state index is 0.889. The lowest BCUT2D eigenvalue weighted by atomic mass is 10.00. The number of furan rings is 1. The molecule has 0 aliphatic carbocycles. The Morgan fingerprint density at radius 1 is 0.328 bits per heavy atom. The van der Waals surface area contributed by atoms with Crippen molar-refractivity contribution in [2.24, 2.45) is 0 Å². The monoisotopic (exact) mass is 778 g/mol. The van der Waals surface area contributed by atoms with E-state index in [0.717, 1.165) is 66.8 Å². The van der Waals surface area contributed by atoms with Gasteiger partial charge in [-0.1, -0.05) is 170 Å². The van der Waals surface area contributed by atoms with Gasteiger partial charge in [0.15, 0.2) is 0 Å². The smallest absolute Gasteiger partial charge is 0.143 e. The molecule has 0 saturated heterocycles. The van der Waals surface area contributed by atoms with Crippen LogP contribution < -0.4 is 4.90 Å². The summed E-state index contributed by atoms with van der Waals surface area (Å²) >= 11 is 0. The predicted octanol–water partition coefficient (Wildman–Crippen LogP) is 16.3. The molecule has 12 aromatic rings. The summed E-state index contributed by atoms with van der Waals surface area (Å²) in [6.07, 6.45) is 0. The predicted molar refractivity (Wildman–Crippen MR) is 257 cm³/mol. The first-order valence-electron chi connectivity index (χ1n) is 20.8. The second kappa shape index (κ2) is 14.3. The normalized spacial score (nSPS) is 11.6. The lowest BCUT2D eigenvalue weighted by Gasteiger charge is -2.26. The molecule has 3 heteroatoms. The van der Waals surface area contributed by atoms with Crippen LogP contribution in [0.4, 0.5) is 17.1 Å². The molecule has 0 atom stereocenters. The van der Waals surface area contributed by atoms with Crippen molar-refractivity contribution in [2.45, 2.75) is 0 Å². The van der Waals surface area contributed by atoms with Crippen LogP contribution in [0.25, 0.3) is 93.6 Å². The van der Waals surface area contributed by atoms with Crippen LogP contribution in [0.15, 0.2) is 235 Å². The highest BCUT2D eigenvalue weighted by Crippen LogP contribution is 2.42. The van der Waals surface area contributed by atoms with Crippen molar-refractivity contribution in [3.63, 3.8) is 0 Å². The van der Waals surface area contributed by atoms with Crippen molar-refractivity contribution in [1.29, 1.82) is 0 Å². The molecular weight excluding hydrogens is 741 g/mol. The van der Waals surface area contributed by atoms with Gasteiger partial charge in [-0.2, -0.15) is 0 Å². The zero-order valence-electron chi connectivity index (χ0n) is 33.2. The number of hydrogen-bond donors (Lipinski definition) is 0. The van der Waals surface area contributed by atoms with E-state index in [9.17, 15) is 0 Å². The third kappa shape index (κ3) is 5.90. The molecule has 0 amide bonds. The van der Waals surface area contributed by atoms with E-state index < -0.39 is 0 Å². The highest BCUT2D eigenvalue weighted by atomic mass is 16.3.